The van der Waals surface area contributed by atoms with Crippen molar-refractivity contribution in [1.82, 2.24) is 20.2 Å². The lowest BCUT2D eigenvalue weighted by molar-refractivity contribution is 0.488. The SMILES string of the molecule is Cn1ncnc1CC(Cc1cccc(Cl)c1F)NN. The highest BCUT2D eigenvalue weighted by Crippen LogP contribution is 2.19. The first kappa shape index (κ1) is 13.9. The van der Waals surface area contributed by atoms with Crippen molar-refractivity contribution >= 4 is 11.6 Å². The number of nitrogens with two attached hydrogens (primary N) is 1. The molecule has 1 unspecified atom stereocenters. The van der Waals surface area contributed by atoms with Gasteiger partial charge in [0, 0.05) is 19.5 Å². The van der Waals surface area contributed by atoms with Crippen molar-refractivity contribution in [2.75, 3.05) is 0 Å². The standard InChI is InChI=1S/C12H15ClFN5/c1-19-11(16-7-17-19)6-9(18-15)5-8-3-2-4-10(13)12(8)14/h2-4,7,9,18H,5-6,15H2,1H3. The summed E-state index contributed by atoms with van der Waals surface area (Å²) in [5, 5.41) is 4.10. The predicted octanol–water partition coefficient (Wildman–Crippen LogP) is 1.22. The van der Waals surface area contributed by atoms with Crippen LogP contribution in [0, 0.1) is 5.82 Å². The van der Waals surface area contributed by atoms with Crippen LogP contribution in [-0.4, -0.2) is 20.8 Å². The summed E-state index contributed by atoms with van der Waals surface area (Å²) in [5.41, 5.74) is 3.20. The van der Waals surface area contributed by atoms with E-state index in [0.717, 1.165) is 5.82 Å². The Balaban J connectivity index is 2.11. The zero-order valence-corrected chi connectivity index (χ0v) is 11.2. The van der Waals surface area contributed by atoms with Gasteiger partial charge in [-0.25, -0.2) is 9.37 Å². The van der Waals surface area contributed by atoms with Gasteiger partial charge in [-0.1, -0.05) is 23.7 Å². The average Bonchev–Trinajstić information content (AvgIpc) is 2.79. The van der Waals surface area contributed by atoms with E-state index in [2.05, 4.69) is 15.5 Å². The largest absolute Gasteiger partial charge is 0.271 e. The number of nitrogens with one attached hydrogen (secondary N) is 1. The lowest BCUT2D eigenvalue weighted by atomic mass is 10.0. The number of aryl methyl sites for hydroxylation is 1. The van der Waals surface area contributed by atoms with Crippen LogP contribution in [0.3, 0.4) is 0 Å². The molecule has 0 aliphatic heterocycles. The van der Waals surface area contributed by atoms with Gasteiger partial charge in [-0.2, -0.15) is 5.10 Å². The molecule has 0 aliphatic rings. The third kappa shape index (κ3) is 3.28. The minimum absolute atomic E-state index is 0.118. The van der Waals surface area contributed by atoms with Crippen molar-refractivity contribution in [1.29, 1.82) is 0 Å². The fourth-order valence-corrected chi connectivity index (χ4v) is 2.08. The summed E-state index contributed by atoms with van der Waals surface area (Å²) < 4.78 is 15.5. The first-order valence-corrected chi connectivity index (χ1v) is 6.21. The van der Waals surface area contributed by atoms with Crippen LogP contribution >= 0.6 is 11.6 Å². The molecular weight excluding hydrogens is 269 g/mol. The van der Waals surface area contributed by atoms with Gasteiger partial charge in [0.15, 0.2) is 0 Å². The van der Waals surface area contributed by atoms with E-state index in [0.29, 0.717) is 18.4 Å². The molecule has 3 N–H and O–H groups in total. The number of benzene rings is 1. The Kier molecular flexibility index (Phi) is 4.47. The fourth-order valence-electron chi connectivity index (χ4n) is 1.89. The predicted molar refractivity (Wildman–Crippen MR) is 70.9 cm³/mol. The molecule has 1 aromatic carbocycles. The van der Waals surface area contributed by atoms with E-state index in [1.54, 1.807) is 23.9 Å². The van der Waals surface area contributed by atoms with Crippen molar-refractivity contribution in [2.24, 2.45) is 12.9 Å². The van der Waals surface area contributed by atoms with Gasteiger partial charge >= 0.3 is 0 Å². The topological polar surface area (TPSA) is 68.8 Å². The van der Waals surface area contributed by atoms with Gasteiger partial charge in [0.25, 0.3) is 0 Å². The van der Waals surface area contributed by atoms with Gasteiger partial charge in [0.2, 0.25) is 0 Å². The van der Waals surface area contributed by atoms with Crippen LogP contribution in [0.25, 0.3) is 0 Å². The van der Waals surface area contributed by atoms with E-state index in [1.165, 1.54) is 12.4 Å². The molecule has 0 radical (unpaired) electrons. The summed E-state index contributed by atoms with van der Waals surface area (Å²) in [6.07, 6.45) is 2.46. The van der Waals surface area contributed by atoms with E-state index in [1.807, 2.05) is 0 Å². The monoisotopic (exact) mass is 283 g/mol. The number of hydrogen-bond donors (Lipinski definition) is 2. The highest BCUT2D eigenvalue weighted by Gasteiger charge is 2.15. The normalized spacial score (nSPS) is 12.6. The molecule has 0 spiro atoms. The summed E-state index contributed by atoms with van der Waals surface area (Å²) in [5.74, 6) is 5.89. The van der Waals surface area contributed by atoms with E-state index in [9.17, 15) is 4.39 Å². The zero-order valence-electron chi connectivity index (χ0n) is 10.5. The molecular formula is C12H15ClFN5. The van der Waals surface area contributed by atoms with Gasteiger partial charge in [-0.15, -0.1) is 0 Å². The van der Waals surface area contributed by atoms with Gasteiger partial charge < -0.3 is 0 Å². The van der Waals surface area contributed by atoms with E-state index < -0.39 is 5.82 Å². The number of aromatic nitrogens is 3. The summed E-state index contributed by atoms with van der Waals surface area (Å²) in [6.45, 7) is 0. The molecule has 5 nitrogen and oxygen atoms in total. The van der Waals surface area contributed by atoms with Crippen LogP contribution in [0.4, 0.5) is 4.39 Å². The third-order valence-corrected chi connectivity index (χ3v) is 3.26. The molecule has 0 saturated carbocycles. The molecule has 0 fully saturated rings. The lowest BCUT2D eigenvalue weighted by Crippen LogP contribution is -2.39. The summed E-state index contributed by atoms with van der Waals surface area (Å²) in [4.78, 5) is 4.12. The Morgan fingerprint density at radius 3 is 2.89 bits per heavy atom. The molecule has 0 aliphatic carbocycles. The van der Waals surface area contributed by atoms with Crippen LogP contribution in [0.5, 0.6) is 0 Å². The van der Waals surface area contributed by atoms with E-state index >= 15 is 0 Å². The minimum Gasteiger partial charge on any atom is -0.271 e. The zero-order chi connectivity index (χ0) is 13.8. The summed E-state index contributed by atoms with van der Waals surface area (Å²) >= 11 is 5.76. The highest BCUT2D eigenvalue weighted by molar-refractivity contribution is 6.30. The number of hydrazine groups is 1. The van der Waals surface area contributed by atoms with Crippen molar-refractivity contribution < 1.29 is 4.39 Å². The Labute approximate surface area is 115 Å². The average molecular weight is 284 g/mol. The van der Waals surface area contributed by atoms with Crippen LogP contribution < -0.4 is 11.3 Å². The Morgan fingerprint density at radius 2 is 2.26 bits per heavy atom. The first-order chi connectivity index (χ1) is 9.11. The van der Waals surface area contributed by atoms with Gasteiger partial charge in [-0.3, -0.25) is 16.0 Å². The maximum Gasteiger partial charge on any atom is 0.145 e. The summed E-state index contributed by atoms with van der Waals surface area (Å²) in [7, 11) is 1.80. The van der Waals surface area contributed by atoms with Crippen LogP contribution in [0.15, 0.2) is 24.5 Å². The van der Waals surface area contributed by atoms with Crippen LogP contribution in [-0.2, 0) is 19.9 Å². The second-order valence-corrected chi connectivity index (χ2v) is 4.69. The van der Waals surface area contributed by atoms with Gasteiger partial charge in [-0.05, 0) is 18.1 Å². The maximum atomic E-state index is 13.8. The molecule has 1 aromatic heterocycles. The third-order valence-electron chi connectivity index (χ3n) is 2.97. The van der Waals surface area contributed by atoms with Crippen molar-refractivity contribution in [3.8, 4) is 0 Å². The van der Waals surface area contributed by atoms with E-state index in [4.69, 9.17) is 17.4 Å². The molecule has 1 atom stereocenters. The Morgan fingerprint density at radius 1 is 1.47 bits per heavy atom. The number of rotatable bonds is 5. The molecule has 1 heterocycles. The molecule has 0 bridgehead atoms. The molecule has 102 valence electrons. The fraction of sp³-hybridized carbons (Fsp3) is 0.333. The van der Waals surface area contributed by atoms with Gasteiger partial charge in [0.1, 0.15) is 18.0 Å². The molecule has 7 heteroatoms. The second kappa shape index (κ2) is 6.10. The van der Waals surface area contributed by atoms with Crippen molar-refractivity contribution in [3.05, 3.63) is 46.8 Å². The maximum absolute atomic E-state index is 13.8. The molecule has 19 heavy (non-hydrogen) atoms. The molecule has 2 aromatic rings. The van der Waals surface area contributed by atoms with Gasteiger partial charge in [0.05, 0.1) is 5.02 Å². The Bertz CT molecular complexity index is 557. The number of halogens is 2. The molecule has 0 saturated heterocycles. The lowest BCUT2D eigenvalue weighted by Gasteiger charge is -2.16. The second-order valence-electron chi connectivity index (χ2n) is 4.28. The number of hydrogen-bond acceptors (Lipinski definition) is 4. The molecule has 2 rings (SSSR count). The van der Waals surface area contributed by atoms with Crippen LogP contribution in [0.1, 0.15) is 11.4 Å². The minimum atomic E-state index is -0.401. The summed E-state index contributed by atoms with van der Waals surface area (Å²) in [6, 6.07) is 4.79. The van der Waals surface area contributed by atoms with E-state index in [-0.39, 0.29) is 11.1 Å². The number of nitrogens with zero attached hydrogens (tertiary/aromatic N) is 3. The smallest absolute Gasteiger partial charge is 0.145 e. The van der Waals surface area contributed by atoms with Crippen molar-refractivity contribution in [2.45, 2.75) is 18.9 Å². The van der Waals surface area contributed by atoms with Crippen molar-refractivity contribution in [3.63, 3.8) is 0 Å². The first-order valence-electron chi connectivity index (χ1n) is 5.83. The van der Waals surface area contributed by atoms with Crippen LogP contribution in [0.2, 0.25) is 5.02 Å². The Hall–Kier alpha value is -1.50. The quantitative estimate of drug-likeness (QED) is 0.640. The molecule has 0 amide bonds. The highest BCUT2D eigenvalue weighted by atomic mass is 35.5.